The first-order valence-corrected chi connectivity index (χ1v) is 9.28. The SMILES string of the molecule is CC1COC(=O)C1O[C@@H]1O[C@H](COC(=O)/C=C/c2ccccc2)[C@@H](O)[C@H](O)[C@H]1O. The summed E-state index contributed by atoms with van der Waals surface area (Å²) in [6, 6.07) is 9.12. The average Bonchev–Trinajstić information content (AvgIpc) is 3.04. The highest BCUT2D eigenvalue weighted by atomic mass is 16.7. The van der Waals surface area contributed by atoms with Gasteiger partial charge in [0.25, 0.3) is 0 Å². The molecule has 158 valence electrons. The molecule has 29 heavy (non-hydrogen) atoms. The Morgan fingerprint density at radius 2 is 1.90 bits per heavy atom. The zero-order chi connectivity index (χ0) is 21.0. The lowest BCUT2D eigenvalue weighted by Crippen LogP contribution is -2.60. The summed E-state index contributed by atoms with van der Waals surface area (Å²) in [5.74, 6) is -1.53. The Hall–Kier alpha value is -2.30. The Bertz CT molecular complexity index is 735. The van der Waals surface area contributed by atoms with E-state index in [4.69, 9.17) is 18.9 Å². The van der Waals surface area contributed by atoms with E-state index < -0.39 is 48.7 Å². The standard InChI is InChI=1S/C20H24O9/c1-11-9-27-19(25)18(11)29-20-17(24)16(23)15(22)13(28-20)10-26-14(21)8-7-12-5-3-2-4-6-12/h2-8,11,13,15-18,20,22-24H,9-10H2,1H3/b8-7+/t11?,13-,15-,16+,17-,18?,20+/m1/s1. The second-order valence-corrected chi connectivity index (χ2v) is 7.05. The Morgan fingerprint density at radius 3 is 2.55 bits per heavy atom. The van der Waals surface area contributed by atoms with Crippen LogP contribution in [0, 0.1) is 5.92 Å². The van der Waals surface area contributed by atoms with Gasteiger partial charge in [0.05, 0.1) is 6.61 Å². The maximum Gasteiger partial charge on any atom is 0.335 e. The van der Waals surface area contributed by atoms with Gasteiger partial charge in [-0.15, -0.1) is 0 Å². The van der Waals surface area contributed by atoms with E-state index in [1.54, 1.807) is 13.0 Å². The summed E-state index contributed by atoms with van der Waals surface area (Å²) in [7, 11) is 0. The van der Waals surface area contributed by atoms with Gasteiger partial charge in [0, 0.05) is 12.0 Å². The first-order valence-electron chi connectivity index (χ1n) is 9.28. The van der Waals surface area contributed by atoms with E-state index >= 15 is 0 Å². The summed E-state index contributed by atoms with van der Waals surface area (Å²) >= 11 is 0. The largest absolute Gasteiger partial charge is 0.463 e. The van der Waals surface area contributed by atoms with Gasteiger partial charge in [-0.25, -0.2) is 9.59 Å². The second kappa shape index (κ2) is 9.47. The van der Waals surface area contributed by atoms with Crippen molar-refractivity contribution in [2.75, 3.05) is 13.2 Å². The quantitative estimate of drug-likeness (QED) is 0.426. The molecule has 0 aliphatic carbocycles. The summed E-state index contributed by atoms with van der Waals surface area (Å²) in [5, 5.41) is 30.3. The lowest BCUT2D eigenvalue weighted by atomic mass is 9.99. The van der Waals surface area contributed by atoms with E-state index in [2.05, 4.69) is 0 Å². The molecule has 2 aliphatic heterocycles. The van der Waals surface area contributed by atoms with E-state index in [1.165, 1.54) is 6.08 Å². The van der Waals surface area contributed by atoms with Gasteiger partial charge >= 0.3 is 11.9 Å². The molecule has 0 amide bonds. The molecule has 1 aromatic carbocycles. The van der Waals surface area contributed by atoms with Gasteiger partial charge in [0.15, 0.2) is 12.4 Å². The highest BCUT2D eigenvalue weighted by Crippen LogP contribution is 2.27. The maximum absolute atomic E-state index is 11.9. The lowest BCUT2D eigenvalue weighted by Gasteiger charge is -2.40. The van der Waals surface area contributed by atoms with Crippen molar-refractivity contribution in [3.05, 3.63) is 42.0 Å². The van der Waals surface area contributed by atoms with Gasteiger partial charge in [-0.2, -0.15) is 0 Å². The van der Waals surface area contributed by atoms with Crippen molar-refractivity contribution in [2.24, 2.45) is 5.92 Å². The van der Waals surface area contributed by atoms with E-state index in [0.29, 0.717) is 0 Å². The third-order valence-corrected chi connectivity index (χ3v) is 4.79. The van der Waals surface area contributed by atoms with Crippen molar-refractivity contribution in [2.45, 2.75) is 43.7 Å². The highest BCUT2D eigenvalue weighted by Gasteiger charge is 2.47. The molecule has 0 spiro atoms. The van der Waals surface area contributed by atoms with Crippen LogP contribution in [-0.2, 0) is 28.5 Å². The number of cyclic esters (lactones) is 1. The predicted octanol–water partition coefficient (Wildman–Crippen LogP) is -0.371. The molecule has 0 saturated carbocycles. The molecule has 0 bridgehead atoms. The van der Waals surface area contributed by atoms with E-state index in [9.17, 15) is 24.9 Å². The Labute approximate surface area is 167 Å². The van der Waals surface area contributed by atoms with Crippen LogP contribution in [0.3, 0.4) is 0 Å². The summed E-state index contributed by atoms with van der Waals surface area (Å²) in [6.07, 6.45) is -5.42. The zero-order valence-electron chi connectivity index (χ0n) is 15.8. The number of ether oxygens (including phenoxy) is 4. The average molecular weight is 408 g/mol. The van der Waals surface area contributed by atoms with E-state index in [0.717, 1.165) is 5.56 Å². The molecule has 1 aromatic rings. The number of carbonyl (C=O) groups is 2. The highest BCUT2D eigenvalue weighted by molar-refractivity contribution is 5.87. The van der Waals surface area contributed by atoms with Crippen LogP contribution in [0.15, 0.2) is 36.4 Å². The van der Waals surface area contributed by atoms with Gasteiger partial charge in [-0.3, -0.25) is 0 Å². The maximum atomic E-state index is 11.9. The molecule has 2 unspecified atom stereocenters. The van der Waals surface area contributed by atoms with Crippen LogP contribution < -0.4 is 0 Å². The van der Waals surface area contributed by atoms with Crippen molar-refractivity contribution in [1.82, 2.24) is 0 Å². The van der Waals surface area contributed by atoms with Crippen molar-refractivity contribution < 1.29 is 43.9 Å². The van der Waals surface area contributed by atoms with Crippen LogP contribution in [-0.4, -0.2) is 77.3 Å². The number of benzene rings is 1. The molecule has 2 aliphatic rings. The molecule has 3 rings (SSSR count). The van der Waals surface area contributed by atoms with Crippen LogP contribution in [0.5, 0.6) is 0 Å². The molecule has 7 atom stereocenters. The number of rotatable bonds is 6. The summed E-state index contributed by atoms with van der Waals surface area (Å²) in [6.45, 7) is 1.52. The van der Waals surface area contributed by atoms with Gasteiger partial charge in [-0.05, 0) is 11.6 Å². The molecule has 9 heteroatoms. The van der Waals surface area contributed by atoms with E-state index in [-0.39, 0.29) is 19.1 Å². The zero-order valence-corrected chi connectivity index (χ0v) is 15.8. The number of hydrogen-bond donors (Lipinski definition) is 3. The van der Waals surface area contributed by atoms with Crippen molar-refractivity contribution in [3.63, 3.8) is 0 Å². The number of carbonyl (C=O) groups excluding carboxylic acids is 2. The fourth-order valence-electron chi connectivity index (χ4n) is 3.06. The predicted molar refractivity (Wildman–Crippen MR) is 98.1 cm³/mol. The number of hydrogen-bond acceptors (Lipinski definition) is 9. The fraction of sp³-hybridized carbons (Fsp3) is 0.500. The number of aliphatic hydroxyl groups excluding tert-OH is 3. The molecule has 2 fully saturated rings. The van der Waals surface area contributed by atoms with Gasteiger partial charge < -0.3 is 34.3 Å². The molecule has 0 radical (unpaired) electrons. The van der Waals surface area contributed by atoms with Crippen LogP contribution >= 0.6 is 0 Å². The Balaban J connectivity index is 1.57. The van der Waals surface area contributed by atoms with Crippen LogP contribution in [0.25, 0.3) is 6.08 Å². The van der Waals surface area contributed by atoms with Crippen molar-refractivity contribution >= 4 is 18.0 Å². The molecular formula is C20H24O9. The molecule has 3 N–H and O–H groups in total. The smallest absolute Gasteiger partial charge is 0.335 e. The lowest BCUT2D eigenvalue weighted by molar-refractivity contribution is -0.310. The molecule has 2 saturated heterocycles. The first kappa shape index (κ1) is 21.4. The Morgan fingerprint density at radius 1 is 1.17 bits per heavy atom. The van der Waals surface area contributed by atoms with Crippen molar-refractivity contribution in [1.29, 1.82) is 0 Å². The summed E-state index contributed by atoms with van der Waals surface area (Å²) in [4.78, 5) is 23.6. The topological polar surface area (TPSA) is 132 Å². The third kappa shape index (κ3) is 5.20. The van der Waals surface area contributed by atoms with Crippen LogP contribution in [0.1, 0.15) is 12.5 Å². The minimum absolute atomic E-state index is 0.173. The minimum Gasteiger partial charge on any atom is -0.463 e. The van der Waals surface area contributed by atoms with Crippen LogP contribution in [0.2, 0.25) is 0 Å². The Kier molecular flexibility index (Phi) is 6.99. The summed E-state index contributed by atoms with van der Waals surface area (Å²) < 4.78 is 20.9. The van der Waals surface area contributed by atoms with Gasteiger partial charge in [-0.1, -0.05) is 37.3 Å². The first-order chi connectivity index (χ1) is 13.9. The minimum atomic E-state index is -1.61. The molecule has 2 heterocycles. The third-order valence-electron chi connectivity index (χ3n) is 4.79. The summed E-state index contributed by atoms with van der Waals surface area (Å²) in [5.41, 5.74) is 0.808. The second-order valence-electron chi connectivity index (χ2n) is 7.05. The van der Waals surface area contributed by atoms with Gasteiger partial charge in [0.2, 0.25) is 0 Å². The molecule has 9 nitrogen and oxygen atoms in total. The molecule has 0 aromatic heterocycles. The molecular weight excluding hydrogens is 384 g/mol. The van der Waals surface area contributed by atoms with E-state index in [1.807, 2.05) is 30.3 Å². The number of esters is 2. The van der Waals surface area contributed by atoms with Gasteiger partial charge in [0.1, 0.15) is 31.0 Å². The van der Waals surface area contributed by atoms with Crippen molar-refractivity contribution in [3.8, 4) is 0 Å². The number of aliphatic hydroxyl groups is 3. The normalized spacial score (nSPS) is 34.9. The fourth-order valence-corrected chi connectivity index (χ4v) is 3.06. The monoisotopic (exact) mass is 408 g/mol. The van der Waals surface area contributed by atoms with Crippen LogP contribution in [0.4, 0.5) is 0 Å².